The first-order chi connectivity index (χ1) is 7.97. The predicted molar refractivity (Wildman–Crippen MR) is 66.1 cm³/mol. The fraction of sp³-hybridized carbons (Fsp3) is 0.273. The van der Waals surface area contributed by atoms with Crippen LogP contribution < -0.4 is 10.6 Å². The Balaban J connectivity index is 2.28. The van der Waals surface area contributed by atoms with Crippen molar-refractivity contribution in [3.05, 3.63) is 28.2 Å². The second-order valence-electron chi connectivity index (χ2n) is 3.94. The number of primary amides is 1. The van der Waals surface area contributed by atoms with Crippen molar-refractivity contribution in [3.63, 3.8) is 0 Å². The highest BCUT2D eigenvalue weighted by Gasteiger charge is 2.34. The Kier molecular flexibility index (Phi) is 3.26. The summed E-state index contributed by atoms with van der Waals surface area (Å²) >= 11 is 11.7. The standard InChI is InChI=1S/C11H10Cl2N2O2/c12-7-2-8(13)4-9(3-7)15-5-6(11(14)17)1-10(15)16/h2-4,6H,1,5H2,(H2,14,17). The van der Waals surface area contributed by atoms with E-state index in [2.05, 4.69) is 0 Å². The minimum atomic E-state index is -0.464. The van der Waals surface area contributed by atoms with Crippen LogP contribution in [-0.4, -0.2) is 18.4 Å². The summed E-state index contributed by atoms with van der Waals surface area (Å²) in [6, 6.07) is 4.85. The van der Waals surface area contributed by atoms with Crippen LogP contribution >= 0.6 is 23.2 Å². The third-order valence-electron chi connectivity index (χ3n) is 2.69. The van der Waals surface area contributed by atoms with Gasteiger partial charge in [-0.2, -0.15) is 0 Å². The smallest absolute Gasteiger partial charge is 0.227 e. The van der Waals surface area contributed by atoms with Gasteiger partial charge in [-0.1, -0.05) is 23.2 Å². The third kappa shape index (κ3) is 2.53. The molecule has 0 aliphatic carbocycles. The molecule has 1 unspecified atom stereocenters. The average molecular weight is 273 g/mol. The van der Waals surface area contributed by atoms with Gasteiger partial charge < -0.3 is 10.6 Å². The summed E-state index contributed by atoms with van der Waals surface area (Å²) in [6.07, 6.45) is 0.138. The minimum absolute atomic E-state index is 0.138. The summed E-state index contributed by atoms with van der Waals surface area (Å²) < 4.78 is 0. The zero-order valence-corrected chi connectivity index (χ0v) is 10.3. The number of amides is 2. The number of anilines is 1. The molecule has 0 aromatic heterocycles. The Morgan fingerprint density at radius 1 is 1.29 bits per heavy atom. The number of carbonyl (C=O) groups is 2. The van der Waals surface area contributed by atoms with Crippen molar-refractivity contribution in [1.29, 1.82) is 0 Å². The summed E-state index contributed by atoms with van der Waals surface area (Å²) in [5, 5.41) is 0.894. The second-order valence-corrected chi connectivity index (χ2v) is 4.81. The maximum atomic E-state index is 11.7. The van der Waals surface area contributed by atoms with Crippen molar-refractivity contribution in [2.45, 2.75) is 6.42 Å². The van der Waals surface area contributed by atoms with Crippen LogP contribution in [0.3, 0.4) is 0 Å². The van der Waals surface area contributed by atoms with Crippen LogP contribution in [0.15, 0.2) is 18.2 Å². The predicted octanol–water partition coefficient (Wildman–Crippen LogP) is 1.83. The Morgan fingerprint density at radius 3 is 2.35 bits per heavy atom. The highest BCUT2D eigenvalue weighted by Crippen LogP contribution is 2.30. The first-order valence-corrected chi connectivity index (χ1v) is 5.79. The number of nitrogens with zero attached hydrogens (tertiary/aromatic N) is 1. The van der Waals surface area contributed by atoms with E-state index in [1.54, 1.807) is 18.2 Å². The van der Waals surface area contributed by atoms with Crippen LogP contribution in [-0.2, 0) is 9.59 Å². The molecule has 1 fully saturated rings. The minimum Gasteiger partial charge on any atom is -0.369 e. The Bertz CT molecular complexity index is 470. The molecule has 6 heteroatoms. The number of carbonyl (C=O) groups excluding carboxylic acids is 2. The van der Waals surface area contributed by atoms with Gasteiger partial charge in [0, 0.05) is 28.7 Å². The fourth-order valence-electron chi connectivity index (χ4n) is 1.84. The van der Waals surface area contributed by atoms with Crippen LogP contribution in [0.2, 0.25) is 10.0 Å². The van der Waals surface area contributed by atoms with Crippen LogP contribution in [0.1, 0.15) is 6.42 Å². The van der Waals surface area contributed by atoms with E-state index in [4.69, 9.17) is 28.9 Å². The van der Waals surface area contributed by atoms with Gasteiger partial charge in [-0.15, -0.1) is 0 Å². The van der Waals surface area contributed by atoms with Crippen LogP contribution in [0, 0.1) is 5.92 Å². The highest BCUT2D eigenvalue weighted by atomic mass is 35.5. The summed E-state index contributed by atoms with van der Waals surface area (Å²) in [6.45, 7) is 0.283. The first kappa shape index (κ1) is 12.2. The molecule has 1 heterocycles. The molecule has 17 heavy (non-hydrogen) atoms. The average Bonchev–Trinajstić information content (AvgIpc) is 2.59. The molecule has 0 saturated carbocycles. The summed E-state index contributed by atoms with van der Waals surface area (Å²) in [7, 11) is 0. The molecule has 1 aliphatic rings. The number of halogens is 2. The van der Waals surface area contributed by atoms with Crippen molar-refractivity contribution in [1.82, 2.24) is 0 Å². The Labute approximate surface area is 108 Å². The van der Waals surface area contributed by atoms with E-state index in [1.165, 1.54) is 4.90 Å². The molecule has 2 amide bonds. The summed E-state index contributed by atoms with van der Waals surface area (Å²) in [5.41, 5.74) is 5.78. The van der Waals surface area contributed by atoms with Gasteiger partial charge in [-0.05, 0) is 18.2 Å². The maximum absolute atomic E-state index is 11.7. The van der Waals surface area contributed by atoms with E-state index < -0.39 is 11.8 Å². The number of hydrogen-bond donors (Lipinski definition) is 1. The van der Waals surface area contributed by atoms with Gasteiger partial charge in [0.25, 0.3) is 0 Å². The molecule has 0 radical (unpaired) electrons. The third-order valence-corrected chi connectivity index (χ3v) is 3.12. The molecular formula is C11H10Cl2N2O2. The summed E-state index contributed by atoms with van der Waals surface area (Å²) in [5.74, 6) is -1.05. The summed E-state index contributed by atoms with van der Waals surface area (Å²) in [4.78, 5) is 24.3. The number of benzene rings is 1. The van der Waals surface area contributed by atoms with Gasteiger partial charge in [0.1, 0.15) is 0 Å². The lowest BCUT2D eigenvalue weighted by atomic mass is 10.1. The van der Waals surface area contributed by atoms with E-state index in [-0.39, 0.29) is 18.9 Å². The SMILES string of the molecule is NC(=O)C1CC(=O)N(c2cc(Cl)cc(Cl)c2)C1. The molecule has 4 nitrogen and oxygen atoms in total. The van der Waals surface area contributed by atoms with Gasteiger partial charge in [-0.3, -0.25) is 9.59 Å². The molecule has 1 aromatic rings. The molecule has 2 rings (SSSR count). The van der Waals surface area contributed by atoms with Gasteiger partial charge >= 0.3 is 0 Å². The molecule has 1 saturated heterocycles. The molecule has 2 N–H and O–H groups in total. The van der Waals surface area contributed by atoms with E-state index in [9.17, 15) is 9.59 Å². The highest BCUT2D eigenvalue weighted by molar-refractivity contribution is 6.35. The van der Waals surface area contributed by atoms with Crippen LogP contribution in [0.25, 0.3) is 0 Å². The molecule has 1 aromatic carbocycles. The van der Waals surface area contributed by atoms with E-state index >= 15 is 0 Å². The molecule has 1 atom stereocenters. The van der Waals surface area contributed by atoms with Crippen molar-refractivity contribution >= 4 is 40.7 Å². The Hall–Kier alpha value is -1.26. The second kappa shape index (κ2) is 4.55. The van der Waals surface area contributed by atoms with Crippen LogP contribution in [0.4, 0.5) is 5.69 Å². The van der Waals surface area contributed by atoms with E-state index in [0.29, 0.717) is 15.7 Å². The lowest BCUT2D eigenvalue weighted by Crippen LogP contribution is -2.28. The van der Waals surface area contributed by atoms with Crippen LogP contribution in [0.5, 0.6) is 0 Å². The van der Waals surface area contributed by atoms with Crippen molar-refractivity contribution in [2.75, 3.05) is 11.4 Å². The number of rotatable bonds is 2. The lowest BCUT2D eigenvalue weighted by molar-refractivity contribution is -0.123. The number of hydrogen-bond acceptors (Lipinski definition) is 2. The topological polar surface area (TPSA) is 63.4 Å². The monoisotopic (exact) mass is 272 g/mol. The molecule has 0 bridgehead atoms. The van der Waals surface area contributed by atoms with Crippen molar-refractivity contribution in [2.24, 2.45) is 11.7 Å². The molecular weight excluding hydrogens is 263 g/mol. The Morgan fingerprint density at radius 2 is 1.88 bits per heavy atom. The zero-order chi connectivity index (χ0) is 12.6. The van der Waals surface area contributed by atoms with Gasteiger partial charge in [0.2, 0.25) is 11.8 Å². The quantitative estimate of drug-likeness (QED) is 0.893. The zero-order valence-electron chi connectivity index (χ0n) is 8.82. The normalized spacial score (nSPS) is 19.8. The van der Waals surface area contributed by atoms with Gasteiger partial charge in [-0.25, -0.2) is 0 Å². The van der Waals surface area contributed by atoms with E-state index in [1.807, 2.05) is 0 Å². The first-order valence-electron chi connectivity index (χ1n) is 5.03. The van der Waals surface area contributed by atoms with Crippen molar-refractivity contribution in [3.8, 4) is 0 Å². The number of nitrogens with two attached hydrogens (primary N) is 1. The molecule has 1 aliphatic heterocycles. The fourth-order valence-corrected chi connectivity index (χ4v) is 2.36. The molecule has 0 spiro atoms. The van der Waals surface area contributed by atoms with E-state index in [0.717, 1.165) is 0 Å². The van der Waals surface area contributed by atoms with Crippen molar-refractivity contribution < 1.29 is 9.59 Å². The van der Waals surface area contributed by atoms with Gasteiger partial charge in [0.15, 0.2) is 0 Å². The maximum Gasteiger partial charge on any atom is 0.227 e. The lowest BCUT2D eigenvalue weighted by Gasteiger charge is -2.16. The largest absolute Gasteiger partial charge is 0.369 e. The molecule has 90 valence electrons. The van der Waals surface area contributed by atoms with Gasteiger partial charge in [0.05, 0.1) is 5.92 Å².